The van der Waals surface area contributed by atoms with Crippen molar-refractivity contribution in [2.24, 2.45) is 0 Å². The van der Waals surface area contributed by atoms with E-state index in [1.807, 2.05) is 36.4 Å². The second kappa shape index (κ2) is 6.78. The van der Waals surface area contributed by atoms with Crippen LogP contribution < -0.4 is 5.32 Å². The van der Waals surface area contributed by atoms with Crippen molar-refractivity contribution in [2.45, 2.75) is 32.7 Å². The molecule has 0 saturated carbocycles. The van der Waals surface area contributed by atoms with E-state index in [1.165, 1.54) is 0 Å². The van der Waals surface area contributed by atoms with Gasteiger partial charge in [-0.15, -0.1) is 0 Å². The first-order valence-electron chi connectivity index (χ1n) is 6.84. The molecule has 2 rings (SSSR count). The standard InChI is InChI=1S/C16H20ClNO/c1-3-11-18-14(4-2)16-10-9-15(19-16)12-7-5-6-8-13(12)17/h5-10,14,18H,3-4,11H2,1-2H3. The van der Waals surface area contributed by atoms with Crippen LogP contribution in [0.4, 0.5) is 0 Å². The van der Waals surface area contributed by atoms with E-state index in [0.29, 0.717) is 0 Å². The molecule has 0 saturated heterocycles. The first-order valence-corrected chi connectivity index (χ1v) is 7.22. The van der Waals surface area contributed by atoms with Gasteiger partial charge in [-0.05, 0) is 43.7 Å². The van der Waals surface area contributed by atoms with Crippen LogP contribution >= 0.6 is 11.6 Å². The molecule has 102 valence electrons. The van der Waals surface area contributed by atoms with E-state index in [-0.39, 0.29) is 6.04 Å². The maximum atomic E-state index is 6.19. The zero-order valence-electron chi connectivity index (χ0n) is 11.4. The molecule has 19 heavy (non-hydrogen) atoms. The molecule has 1 N–H and O–H groups in total. The molecule has 0 aliphatic carbocycles. The number of furan rings is 1. The van der Waals surface area contributed by atoms with Gasteiger partial charge in [-0.1, -0.05) is 37.6 Å². The summed E-state index contributed by atoms with van der Waals surface area (Å²) in [5.41, 5.74) is 0.945. The Hall–Kier alpha value is -1.25. The summed E-state index contributed by atoms with van der Waals surface area (Å²) in [6, 6.07) is 12.1. The minimum Gasteiger partial charge on any atom is -0.459 e. The van der Waals surface area contributed by atoms with E-state index in [2.05, 4.69) is 19.2 Å². The third-order valence-corrected chi connectivity index (χ3v) is 3.49. The molecule has 1 aromatic heterocycles. The number of rotatable bonds is 6. The van der Waals surface area contributed by atoms with E-state index >= 15 is 0 Å². The number of nitrogens with one attached hydrogen (secondary N) is 1. The Balaban J connectivity index is 2.21. The Labute approximate surface area is 119 Å². The summed E-state index contributed by atoms with van der Waals surface area (Å²) in [6.07, 6.45) is 2.13. The van der Waals surface area contributed by atoms with Gasteiger partial charge in [-0.25, -0.2) is 0 Å². The fourth-order valence-electron chi connectivity index (χ4n) is 2.11. The molecule has 0 bridgehead atoms. The molecule has 1 heterocycles. The van der Waals surface area contributed by atoms with Gasteiger partial charge >= 0.3 is 0 Å². The first kappa shape index (κ1) is 14.2. The van der Waals surface area contributed by atoms with Gasteiger partial charge in [0.2, 0.25) is 0 Å². The third kappa shape index (κ3) is 3.40. The summed E-state index contributed by atoms with van der Waals surface area (Å²) < 4.78 is 5.95. The predicted molar refractivity (Wildman–Crippen MR) is 80.5 cm³/mol. The first-order chi connectivity index (χ1) is 9.26. The molecule has 0 aliphatic rings. The normalized spacial score (nSPS) is 12.6. The maximum absolute atomic E-state index is 6.19. The lowest BCUT2D eigenvalue weighted by Gasteiger charge is -2.13. The van der Waals surface area contributed by atoms with Crippen LogP contribution in [-0.2, 0) is 0 Å². The highest BCUT2D eigenvalue weighted by atomic mass is 35.5. The van der Waals surface area contributed by atoms with Crippen LogP contribution in [0.25, 0.3) is 11.3 Å². The molecule has 2 nitrogen and oxygen atoms in total. The number of hydrogen-bond donors (Lipinski definition) is 1. The molecule has 2 aromatic rings. The van der Waals surface area contributed by atoms with Gasteiger partial charge in [0.1, 0.15) is 11.5 Å². The van der Waals surface area contributed by atoms with Crippen molar-refractivity contribution in [1.29, 1.82) is 0 Å². The Morgan fingerprint density at radius 3 is 2.63 bits per heavy atom. The van der Waals surface area contributed by atoms with E-state index in [1.54, 1.807) is 0 Å². The largest absolute Gasteiger partial charge is 0.459 e. The molecular weight excluding hydrogens is 258 g/mol. The summed E-state index contributed by atoms with van der Waals surface area (Å²) in [4.78, 5) is 0. The topological polar surface area (TPSA) is 25.2 Å². The fourth-order valence-corrected chi connectivity index (χ4v) is 2.34. The maximum Gasteiger partial charge on any atom is 0.135 e. The molecule has 0 amide bonds. The zero-order chi connectivity index (χ0) is 13.7. The van der Waals surface area contributed by atoms with Gasteiger partial charge in [0.15, 0.2) is 0 Å². The lowest BCUT2D eigenvalue weighted by molar-refractivity contribution is 0.411. The lowest BCUT2D eigenvalue weighted by Crippen LogP contribution is -2.20. The SMILES string of the molecule is CCCNC(CC)c1ccc(-c2ccccc2Cl)o1. The van der Waals surface area contributed by atoms with Crippen LogP contribution in [0.5, 0.6) is 0 Å². The van der Waals surface area contributed by atoms with E-state index in [0.717, 1.165) is 41.5 Å². The highest BCUT2D eigenvalue weighted by Gasteiger charge is 2.14. The Morgan fingerprint density at radius 1 is 1.16 bits per heavy atom. The fraction of sp³-hybridized carbons (Fsp3) is 0.375. The highest BCUT2D eigenvalue weighted by Crippen LogP contribution is 2.31. The van der Waals surface area contributed by atoms with Crippen molar-refractivity contribution in [3.8, 4) is 11.3 Å². The van der Waals surface area contributed by atoms with E-state index in [9.17, 15) is 0 Å². The average molecular weight is 278 g/mol. The summed E-state index contributed by atoms with van der Waals surface area (Å²) in [7, 11) is 0. The van der Waals surface area contributed by atoms with Gasteiger partial charge in [0.05, 0.1) is 11.1 Å². The van der Waals surface area contributed by atoms with Gasteiger partial charge in [-0.2, -0.15) is 0 Å². The van der Waals surface area contributed by atoms with E-state index < -0.39 is 0 Å². The van der Waals surface area contributed by atoms with Crippen molar-refractivity contribution < 1.29 is 4.42 Å². The van der Waals surface area contributed by atoms with Crippen molar-refractivity contribution in [3.63, 3.8) is 0 Å². The molecule has 3 heteroatoms. The Bertz CT molecular complexity index is 521. The van der Waals surface area contributed by atoms with Gasteiger partial charge in [0, 0.05) is 5.56 Å². The average Bonchev–Trinajstić information content (AvgIpc) is 2.90. The second-order valence-corrected chi connectivity index (χ2v) is 5.00. The predicted octanol–water partition coefficient (Wildman–Crippen LogP) is 5.05. The molecule has 1 aromatic carbocycles. The lowest BCUT2D eigenvalue weighted by atomic mass is 10.1. The smallest absolute Gasteiger partial charge is 0.135 e. The number of benzene rings is 1. The summed E-state index contributed by atoms with van der Waals surface area (Å²) in [5, 5.41) is 4.21. The molecule has 1 atom stereocenters. The molecule has 0 fully saturated rings. The molecule has 0 radical (unpaired) electrons. The van der Waals surface area contributed by atoms with Crippen LogP contribution in [0.3, 0.4) is 0 Å². The van der Waals surface area contributed by atoms with Crippen LogP contribution in [-0.4, -0.2) is 6.54 Å². The molecule has 0 spiro atoms. The van der Waals surface area contributed by atoms with Crippen LogP contribution in [0.2, 0.25) is 5.02 Å². The minimum atomic E-state index is 0.274. The Morgan fingerprint density at radius 2 is 1.95 bits per heavy atom. The van der Waals surface area contributed by atoms with Crippen LogP contribution in [0.1, 0.15) is 38.5 Å². The Kier molecular flexibility index (Phi) is 5.06. The molecular formula is C16H20ClNO. The van der Waals surface area contributed by atoms with Crippen LogP contribution in [0, 0.1) is 0 Å². The van der Waals surface area contributed by atoms with Crippen molar-refractivity contribution >= 4 is 11.6 Å². The van der Waals surface area contributed by atoms with Gasteiger partial charge < -0.3 is 9.73 Å². The third-order valence-electron chi connectivity index (χ3n) is 3.16. The van der Waals surface area contributed by atoms with Crippen molar-refractivity contribution in [2.75, 3.05) is 6.54 Å². The van der Waals surface area contributed by atoms with E-state index in [4.69, 9.17) is 16.0 Å². The van der Waals surface area contributed by atoms with Gasteiger partial charge in [-0.3, -0.25) is 0 Å². The second-order valence-electron chi connectivity index (χ2n) is 4.60. The monoisotopic (exact) mass is 277 g/mol. The van der Waals surface area contributed by atoms with Crippen molar-refractivity contribution in [1.82, 2.24) is 5.32 Å². The van der Waals surface area contributed by atoms with Gasteiger partial charge in [0.25, 0.3) is 0 Å². The highest BCUT2D eigenvalue weighted by molar-refractivity contribution is 6.33. The summed E-state index contributed by atoms with van der Waals surface area (Å²) in [6.45, 7) is 5.32. The molecule has 1 unspecified atom stereocenters. The zero-order valence-corrected chi connectivity index (χ0v) is 12.2. The van der Waals surface area contributed by atoms with Crippen LogP contribution in [0.15, 0.2) is 40.8 Å². The number of hydrogen-bond acceptors (Lipinski definition) is 2. The van der Waals surface area contributed by atoms with Crippen molar-refractivity contribution in [3.05, 3.63) is 47.2 Å². The summed E-state index contributed by atoms with van der Waals surface area (Å²) >= 11 is 6.19. The minimum absolute atomic E-state index is 0.274. The summed E-state index contributed by atoms with van der Waals surface area (Å²) in [5.74, 6) is 1.81. The quantitative estimate of drug-likeness (QED) is 0.799. The molecule has 0 aliphatic heterocycles. The number of halogens is 1.